The zero-order valence-corrected chi connectivity index (χ0v) is 15.8. The number of imidazole rings is 1. The number of aryl methyl sites for hydroxylation is 1. The van der Waals surface area contributed by atoms with Crippen LogP contribution in [0.15, 0.2) is 11.1 Å². The molecule has 0 saturated carbocycles. The van der Waals surface area contributed by atoms with Gasteiger partial charge in [0.1, 0.15) is 18.0 Å². The van der Waals surface area contributed by atoms with Gasteiger partial charge >= 0.3 is 0 Å². The van der Waals surface area contributed by atoms with Gasteiger partial charge in [-0.3, -0.25) is 13.9 Å². The second-order valence-electron chi connectivity index (χ2n) is 7.34. The molecule has 9 heteroatoms. The molecule has 138 valence electrons. The van der Waals surface area contributed by atoms with Gasteiger partial charge in [0.25, 0.3) is 5.56 Å². The van der Waals surface area contributed by atoms with Crippen molar-refractivity contribution in [2.45, 2.75) is 37.9 Å². The van der Waals surface area contributed by atoms with Gasteiger partial charge in [-0.1, -0.05) is 0 Å². The van der Waals surface area contributed by atoms with Crippen molar-refractivity contribution in [3.8, 4) is 0 Å². The number of aliphatic hydroxyl groups excluding tert-OH is 2. The molecule has 8 nitrogen and oxygen atoms in total. The molecule has 2 N–H and O–H groups in total. The van der Waals surface area contributed by atoms with Crippen molar-refractivity contribution in [2.24, 2.45) is 7.05 Å². The number of hydrogen-bond donors (Lipinski definition) is 2. The highest BCUT2D eigenvalue weighted by molar-refractivity contribution is 7.72. The second-order valence-corrected chi connectivity index (χ2v) is 11.7. The van der Waals surface area contributed by atoms with Crippen LogP contribution in [0.2, 0.25) is 0 Å². The summed E-state index contributed by atoms with van der Waals surface area (Å²) in [5.74, 6) is 0.535. The number of hydrogen-bond acceptors (Lipinski definition) is 6. The van der Waals surface area contributed by atoms with Crippen molar-refractivity contribution in [1.29, 1.82) is 0 Å². The maximum Gasteiger partial charge on any atom is 0.281 e. The van der Waals surface area contributed by atoms with E-state index in [2.05, 4.69) is 29.6 Å². The Balaban J connectivity index is 1.93. The van der Waals surface area contributed by atoms with Gasteiger partial charge in [-0.05, 0) is 32.8 Å². The average Bonchev–Trinajstić information content (AvgIpc) is 3.05. The molecule has 0 spiro atoms. The van der Waals surface area contributed by atoms with Crippen LogP contribution in [0.5, 0.6) is 0 Å². The van der Waals surface area contributed by atoms with Gasteiger partial charge in [-0.15, -0.1) is 13.2 Å². The quantitative estimate of drug-likeness (QED) is 0.746. The van der Waals surface area contributed by atoms with Crippen LogP contribution in [0.4, 0.5) is 0 Å². The molecule has 0 aliphatic carbocycles. The van der Waals surface area contributed by atoms with Crippen LogP contribution in [-0.2, 0) is 11.8 Å². The average molecular weight is 368 g/mol. The van der Waals surface area contributed by atoms with Crippen molar-refractivity contribution in [3.05, 3.63) is 22.5 Å². The molecule has 0 radical (unpaired) electrons. The summed E-state index contributed by atoms with van der Waals surface area (Å²) < 4.78 is 8.86. The highest BCUT2D eigenvalue weighted by atomic mass is 31.2. The van der Waals surface area contributed by atoms with Crippen molar-refractivity contribution >= 4 is 24.3 Å². The molecule has 1 fully saturated rings. The first-order valence-electron chi connectivity index (χ1n) is 8.19. The summed E-state index contributed by atoms with van der Waals surface area (Å²) in [5.41, 5.74) is 0.309. The van der Waals surface area contributed by atoms with Gasteiger partial charge < -0.3 is 14.9 Å². The fourth-order valence-electron chi connectivity index (χ4n) is 3.01. The Bertz CT molecular complexity index is 899. The Morgan fingerprint density at radius 1 is 1.36 bits per heavy atom. The van der Waals surface area contributed by atoms with E-state index >= 15 is 0 Å². The van der Waals surface area contributed by atoms with Gasteiger partial charge in [-0.25, -0.2) is 9.97 Å². The molecular weight excluding hydrogens is 343 g/mol. The van der Waals surface area contributed by atoms with Crippen molar-refractivity contribution in [2.75, 3.05) is 19.5 Å². The number of ether oxygens (including phenoxy) is 1. The molecule has 0 bridgehead atoms. The Hall–Kier alpha value is -1.47. The lowest BCUT2D eigenvalue weighted by atomic mass is 10.1. The summed E-state index contributed by atoms with van der Waals surface area (Å²) in [4.78, 5) is 20.8. The smallest absolute Gasteiger partial charge is 0.281 e. The molecule has 1 aliphatic heterocycles. The summed E-state index contributed by atoms with van der Waals surface area (Å²) in [7, 11) is 1.63. The van der Waals surface area contributed by atoms with E-state index in [-0.39, 0.29) is 11.1 Å². The van der Waals surface area contributed by atoms with Gasteiger partial charge in [0, 0.05) is 7.05 Å². The first-order chi connectivity index (χ1) is 11.6. The minimum Gasteiger partial charge on any atom is -0.388 e. The van der Waals surface area contributed by atoms with E-state index in [9.17, 15) is 15.0 Å². The van der Waals surface area contributed by atoms with Crippen LogP contribution >= 0.6 is 6.89 Å². The standard InChI is InChI=1S/C16H25N4O4P/c1-9-18-14-11(15(23)19(9)2)17-8-20(14)16-13(22)12(21)10(24-16)6-7-25(3,4)5/h8,10,12-13,16,21-22H,3,6-7H2,1-2,4-5H3/t10-,12-,13?,16?/m1/s1. The third-order valence-electron chi connectivity index (χ3n) is 4.66. The summed E-state index contributed by atoms with van der Waals surface area (Å²) in [6, 6.07) is 0. The molecule has 3 rings (SSSR count). The third kappa shape index (κ3) is 3.31. The zero-order chi connectivity index (χ0) is 18.5. The third-order valence-corrected chi connectivity index (χ3v) is 6.13. The lowest BCUT2D eigenvalue weighted by molar-refractivity contribution is -0.0353. The molecule has 0 amide bonds. The Morgan fingerprint density at radius 2 is 2.04 bits per heavy atom. The number of nitrogens with zero attached hydrogens (tertiary/aromatic N) is 4. The molecule has 2 unspecified atom stereocenters. The summed E-state index contributed by atoms with van der Waals surface area (Å²) in [6.45, 7) is 4.71. The summed E-state index contributed by atoms with van der Waals surface area (Å²) in [6.07, 6.45) is 3.66. The van der Waals surface area contributed by atoms with Crippen LogP contribution in [0.3, 0.4) is 0 Å². The maximum absolute atomic E-state index is 12.3. The number of rotatable bonds is 4. The fourth-order valence-corrected chi connectivity index (χ4v) is 3.96. The first-order valence-corrected chi connectivity index (χ1v) is 11.2. The number of aliphatic hydroxyl groups is 2. The minimum atomic E-state index is -1.25. The Kier molecular flexibility index (Phi) is 4.66. The van der Waals surface area contributed by atoms with E-state index in [0.29, 0.717) is 17.9 Å². The SMILES string of the molecule is C=P(C)(C)CC[C@H]1OC(n2cnc3c(=O)n(C)c(C)nc32)C(O)[C@@H]1O. The summed E-state index contributed by atoms with van der Waals surface area (Å²) >= 11 is 0. The topological polar surface area (TPSA) is 102 Å². The van der Waals surface area contributed by atoms with Gasteiger partial charge in [0.2, 0.25) is 0 Å². The van der Waals surface area contributed by atoms with Gasteiger partial charge in [0.15, 0.2) is 17.4 Å². The zero-order valence-electron chi connectivity index (χ0n) is 15.0. The highest BCUT2D eigenvalue weighted by Crippen LogP contribution is 2.39. The Labute approximate surface area is 146 Å². The van der Waals surface area contributed by atoms with E-state index in [1.807, 2.05) is 0 Å². The molecular formula is C16H25N4O4P. The highest BCUT2D eigenvalue weighted by Gasteiger charge is 2.44. The lowest BCUT2D eigenvalue weighted by Crippen LogP contribution is -2.32. The molecule has 4 atom stereocenters. The van der Waals surface area contributed by atoms with Crippen LogP contribution in [0, 0.1) is 6.92 Å². The molecule has 2 aromatic heterocycles. The van der Waals surface area contributed by atoms with Crippen LogP contribution in [0.1, 0.15) is 18.5 Å². The second kappa shape index (κ2) is 6.36. The van der Waals surface area contributed by atoms with E-state index in [1.165, 1.54) is 15.5 Å². The van der Waals surface area contributed by atoms with Crippen molar-refractivity contribution < 1.29 is 14.9 Å². The van der Waals surface area contributed by atoms with Crippen molar-refractivity contribution in [3.63, 3.8) is 0 Å². The van der Waals surface area contributed by atoms with Gasteiger partial charge in [0.05, 0.1) is 12.4 Å². The first kappa shape index (κ1) is 18.3. The predicted molar refractivity (Wildman–Crippen MR) is 98.8 cm³/mol. The summed E-state index contributed by atoms with van der Waals surface area (Å²) in [5, 5.41) is 20.8. The van der Waals surface area contributed by atoms with E-state index in [1.54, 1.807) is 14.0 Å². The molecule has 2 aromatic rings. The number of aromatic nitrogens is 4. The van der Waals surface area contributed by atoms with Crippen LogP contribution < -0.4 is 5.56 Å². The predicted octanol–water partition coefficient (Wildman–Crippen LogP) is 0.157. The monoisotopic (exact) mass is 368 g/mol. The maximum atomic E-state index is 12.3. The molecule has 25 heavy (non-hydrogen) atoms. The van der Waals surface area contributed by atoms with Crippen molar-refractivity contribution in [1.82, 2.24) is 19.1 Å². The molecule has 1 saturated heterocycles. The van der Waals surface area contributed by atoms with Gasteiger partial charge in [-0.2, -0.15) is 0 Å². The molecule has 1 aliphatic rings. The van der Waals surface area contributed by atoms with E-state index in [0.717, 1.165) is 6.16 Å². The normalized spacial score (nSPS) is 27.3. The largest absolute Gasteiger partial charge is 0.388 e. The van der Waals surface area contributed by atoms with E-state index < -0.39 is 31.4 Å². The Morgan fingerprint density at radius 3 is 2.68 bits per heavy atom. The fraction of sp³-hybridized carbons (Fsp3) is 0.625. The molecule has 3 heterocycles. The van der Waals surface area contributed by atoms with Crippen LogP contribution in [-0.4, -0.2) is 73.4 Å². The molecule has 0 aromatic carbocycles. The lowest BCUT2D eigenvalue weighted by Gasteiger charge is -2.18. The van der Waals surface area contributed by atoms with Crippen LogP contribution in [0.25, 0.3) is 11.2 Å². The number of fused-ring (bicyclic) bond motifs is 1. The van der Waals surface area contributed by atoms with E-state index in [4.69, 9.17) is 4.74 Å². The minimum absolute atomic E-state index is 0.214.